The Hall–Kier alpha value is -2.18. The Kier molecular flexibility index (Phi) is 5.23. The Morgan fingerprint density at radius 2 is 2.26 bits per heavy atom. The standard InChI is InChI=1S/C12H17N3O4/c1-4-19-10(16)6-8-14(3)12-11(15(17)18)9(2)5-7-13-12/h5,7H,4,6,8H2,1-3H3. The van der Waals surface area contributed by atoms with Crippen molar-refractivity contribution in [2.24, 2.45) is 0 Å². The maximum absolute atomic E-state index is 11.3. The van der Waals surface area contributed by atoms with Gasteiger partial charge in [-0.1, -0.05) is 0 Å². The molecule has 0 atom stereocenters. The average molecular weight is 267 g/mol. The summed E-state index contributed by atoms with van der Waals surface area (Å²) in [6.07, 6.45) is 1.68. The lowest BCUT2D eigenvalue weighted by Crippen LogP contribution is -2.24. The van der Waals surface area contributed by atoms with Gasteiger partial charge in [-0.2, -0.15) is 0 Å². The first-order chi connectivity index (χ1) is 8.97. The third kappa shape index (κ3) is 3.90. The van der Waals surface area contributed by atoms with E-state index in [1.807, 2.05) is 0 Å². The van der Waals surface area contributed by atoms with Crippen LogP contribution < -0.4 is 4.90 Å². The van der Waals surface area contributed by atoms with Crippen molar-refractivity contribution in [3.8, 4) is 0 Å². The van der Waals surface area contributed by atoms with E-state index in [1.54, 1.807) is 31.9 Å². The number of pyridine rings is 1. The number of aryl methyl sites for hydroxylation is 1. The minimum atomic E-state index is -0.460. The molecule has 1 rings (SSSR count). The van der Waals surface area contributed by atoms with Crippen molar-refractivity contribution in [3.63, 3.8) is 0 Å². The largest absolute Gasteiger partial charge is 0.466 e. The van der Waals surface area contributed by atoms with Crippen molar-refractivity contribution in [3.05, 3.63) is 27.9 Å². The van der Waals surface area contributed by atoms with Gasteiger partial charge in [-0.25, -0.2) is 4.98 Å². The fourth-order valence-electron chi connectivity index (χ4n) is 1.64. The molecule has 1 aromatic rings. The molecule has 104 valence electrons. The molecular weight excluding hydrogens is 250 g/mol. The lowest BCUT2D eigenvalue weighted by Gasteiger charge is -2.17. The number of nitrogens with zero attached hydrogens (tertiary/aromatic N) is 3. The van der Waals surface area contributed by atoms with Crippen LogP contribution >= 0.6 is 0 Å². The summed E-state index contributed by atoms with van der Waals surface area (Å²) in [5.41, 5.74) is 0.506. The predicted molar refractivity (Wildman–Crippen MR) is 70.1 cm³/mol. The van der Waals surface area contributed by atoms with Gasteiger partial charge in [-0.05, 0) is 19.9 Å². The highest BCUT2D eigenvalue weighted by molar-refractivity contribution is 5.70. The van der Waals surface area contributed by atoms with E-state index in [1.165, 1.54) is 6.20 Å². The fourth-order valence-corrected chi connectivity index (χ4v) is 1.64. The number of ether oxygens (including phenoxy) is 1. The molecule has 0 amide bonds. The second kappa shape index (κ2) is 6.67. The lowest BCUT2D eigenvalue weighted by molar-refractivity contribution is -0.384. The van der Waals surface area contributed by atoms with Gasteiger partial charge in [0.2, 0.25) is 5.82 Å². The molecule has 0 radical (unpaired) electrons. The van der Waals surface area contributed by atoms with E-state index in [0.717, 1.165) is 0 Å². The van der Waals surface area contributed by atoms with Gasteiger partial charge in [-0.3, -0.25) is 14.9 Å². The molecule has 0 saturated carbocycles. The van der Waals surface area contributed by atoms with Crippen LogP contribution in [0.4, 0.5) is 11.5 Å². The zero-order valence-electron chi connectivity index (χ0n) is 11.3. The Bertz CT molecular complexity index is 476. The second-order valence-corrected chi connectivity index (χ2v) is 4.03. The first-order valence-electron chi connectivity index (χ1n) is 5.94. The highest BCUT2D eigenvalue weighted by atomic mass is 16.6. The summed E-state index contributed by atoms with van der Waals surface area (Å²) in [5.74, 6) is -0.0704. The number of nitro groups is 1. The molecule has 1 aromatic heterocycles. The molecule has 19 heavy (non-hydrogen) atoms. The molecule has 0 aliphatic carbocycles. The Morgan fingerprint density at radius 3 is 2.84 bits per heavy atom. The zero-order valence-corrected chi connectivity index (χ0v) is 11.3. The van der Waals surface area contributed by atoms with E-state index in [9.17, 15) is 14.9 Å². The average Bonchev–Trinajstić information content (AvgIpc) is 2.35. The molecule has 7 nitrogen and oxygen atoms in total. The van der Waals surface area contributed by atoms with E-state index >= 15 is 0 Å². The van der Waals surface area contributed by atoms with Gasteiger partial charge in [0.15, 0.2) is 0 Å². The molecular formula is C12H17N3O4. The smallest absolute Gasteiger partial charge is 0.314 e. The van der Waals surface area contributed by atoms with Crippen molar-refractivity contribution in [2.75, 3.05) is 25.1 Å². The summed E-state index contributed by atoms with van der Waals surface area (Å²) >= 11 is 0. The van der Waals surface area contributed by atoms with Crippen LogP contribution in [-0.4, -0.2) is 36.1 Å². The summed E-state index contributed by atoms with van der Waals surface area (Å²) < 4.78 is 4.81. The van der Waals surface area contributed by atoms with Crippen LogP contribution in [0.1, 0.15) is 18.9 Å². The number of hydrogen-bond donors (Lipinski definition) is 0. The number of esters is 1. The number of rotatable bonds is 6. The summed E-state index contributed by atoms with van der Waals surface area (Å²) in [6, 6.07) is 1.58. The summed E-state index contributed by atoms with van der Waals surface area (Å²) in [7, 11) is 1.66. The monoisotopic (exact) mass is 267 g/mol. The molecule has 1 heterocycles. The number of carbonyl (C=O) groups is 1. The predicted octanol–water partition coefficient (Wildman–Crippen LogP) is 1.69. The topological polar surface area (TPSA) is 85.6 Å². The fraction of sp³-hybridized carbons (Fsp3) is 0.500. The van der Waals surface area contributed by atoms with Gasteiger partial charge in [0.25, 0.3) is 0 Å². The van der Waals surface area contributed by atoms with Crippen LogP contribution in [0.2, 0.25) is 0 Å². The van der Waals surface area contributed by atoms with Crippen LogP contribution in [0, 0.1) is 17.0 Å². The van der Waals surface area contributed by atoms with Gasteiger partial charge in [-0.15, -0.1) is 0 Å². The molecule has 0 N–H and O–H groups in total. The number of hydrogen-bond acceptors (Lipinski definition) is 6. The van der Waals surface area contributed by atoms with E-state index in [2.05, 4.69) is 4.98 Å². The van der Waals surface area contributed by atoms with Crippen molar-refractivity contribution in [1.82, 2.24) is 4.98 Å². The van der Waals surface area contributed by atoms with Gasteiger partial charge >= 0.3 is 11.7 Å². The van der Waals surface area contributed by atoms with E-state index in [4.69, 9.17) is 4.74 Å². The SMILES string of the molecule is CCOC(=O)CCN(C)c1nccc(C)c1[N+](=O)[O-]. The quantitative estimate of drug-likeness (QED) is 0.443. The third-order valence-corrected chi connectivity index (χ3v) is 2.61. The molecule has 0 unspecified atom stereocenters. The van der Waals surface area contributed by atoms with Crippen LogP contribution in [-0.2, 0) is 9.53 Å². The first-order valence-corrected chi connectivity index (χ1v) is 5.94. The normalized spacial score (nSPS) is 10.1. The van der Waals surface area contributed by atoms with Gasteiger partial charge < -0.3 is 9.64 Å². The van der Waals surface area contributed by atoms with Crippen LogP contribution in [0.5, 0.6) is 0 Å². The maximum Gasteiger partial charge on any atom is 0.314 e. The molecule has 0 fully saturated rings. The van der Waals surface area contributed by atoms with Crippen molar-refractivity contribution < 1.29 is 14.5 Å². The van der Waals surface area contributed by atoms with Crippen LogP contribution in [0.25, 0.3) is 0 Å². The second-order valence-electron chi connectivity index (χ2n) is 4.03. The van der Waals surface area contributed by atoms with Gasteiger partial charge in [0.1, 0.15) is 0 Å². The minimum absolute atomic E-state index is 0.0335. The van der Waals surface area contributed by atoms with Gasteiger partial charge in [0, 0.05) is 25.4 Å². The summed E-state index contributed by atoms with van der Waals surface area (Å²) in [6.45, 7) is 4.03. The Morgan fingerprint density at radius 1 is 1.58 bits per heavy atom. The highest BCUT2D eigenvalue weighted by Crippen LogP contribution is 2.28. The summed E-state index contributed by atoms with van der Waals surface area (Å²) in [5, 5.41) is 11.0. The lowest BCUT2D eigenvalue weighted by atomic mass is 10.2. The van der Waals surface area contributed by atoms with Crippen molar-refractivity contribution in [2.45, 2.75) is 20.3 Å². The summed E-state index contributed by atoms with van der Waals surface area (Å²) in [4.78, 5) is 27.4. The van der Waals surface area contributed by atoms with Crippen molar-refractivity contribution in [1.29, 1.82) is 0 Å². The minimum Gasteiger partial charge on any atom is -0.466 e. The molecule has 0 saturated heterocycles. The Labute approximate surface area is 111 Å². The van der Waals surface area contributed by atoms with Crippen molar-refractivity contribution >= 4 is 17.5 Å². The number of carbonyl (C=O) groups excluding carboxylic acids is 1. The van der Waals surface area contributed by atoms with Crippen LogP contribution in [0.15, 0.2) is 12.3 Å². The molecule has 0 aromatic carbocycles. The zero-order chi connectivity index (χ0) is 14.4. The molecule has 0 aliphatic rings. The molecule has 7 heteroatoms. The maximum atomic E-state index is 11.3. The van der Waals surface area contributed by atoms with E-state index in [-0.39, 0.29) is 23.9 Å². The van der Waals surface area contributed by atoms with Gasteiger partial charge in [0.05, 0.1) is 18.0 Å². The highest BCUT2D eigenvalue weighted by Gasteiger charge is 2.21. The molecule has 0 bridgehead atoms. The number of anilines is 1. The number of aromatic nitrogens is 1. The first kappa shape index (κ1) is 14.9. The Balaban J connectivity index is 2.82. The molecule has 0 aliphatic heterocycles. The van der Waals surface area contributed by atoms with E-state index in [0.29, 0.717) is 18.7 Å². The third-order valence-electron chi connectivity index (χ3n) is 2.61. The van der Waals surface area contributed by atoms with E-state index < -0.39 is 4.92 Å². The molecule has 0 spiro atoms. The van der Waals surface area contributed by atoms with Crippen LogP contribution in [0.3, 0.4) is 0 Å².